The molecule has 0 saturated heterocycles. The molecule has 1 aliphatic rings. The summed E-state index contributed by atoms with van der Waals surface area (Å²) in [6.45, 7) is 0.428. The van der Waals surface area contributed by atoms with E-state index in [-0.39, 0.29) is 12.2 Å². The molecule has 1 aliphatic heterocycles. The minimum Gasteiger partial charge on any atom is -0.484 e. The van der Waals surface area contributed by atoms with Gasteiger partial charge in [-0.05, 0) is 48.9 Å². The molecule has 0 aliphatic carbocycles. The van der Waals surface area contributed by atoms with E-state index in [2.05, 4.69) is 31.8 Å². The van der Waals surface area contributed by atoms with Gasteiger partial charge in [0.25, 0.3) is 17.4 Å². The van der Waals surface area contributed by atoms with Crippen LogP contribution in [-0.4, -0.2) is 28.0 Å². The van der Waals surface area contributed by atoms with Crippen molar-refractivity contribution in [2.24, 2.45) is 0 Å². The van der Waals surface area contributed by atoms with E-state index >= 15 is 0 Å². The fraction of sp³-hybridized carbons (Fsp3) is 0.200. The zero-order valence-corrected chi connectivity index (χ0v) is 16.9. The summed E-state index contributed by atoms with van der Waals surface area (Å²) < 4.78 is 7.92. The van der Waals surface area contributed by atoms with E-state index in [0.29, 0.717) is 28.8 Å². The highest BCUT2D eigenvalue weighted by Gasteiger charge is 2.17. The molecule has 0 radical (unpaired) electrons. The Bertz CT molecular complexity index is 1160. The van der Waals surface area contributed by atoms with Gasteiger partial charge in [0.05, 0.1) is 10.9 Å². The van der Waals surface area contributed by atoms with Gasteiger partial charge >= 0.3 is 0 Å². The summed E-state index contributed by atoms with van der Waals surface area (Å²) in [7, 11) is 0. The zero-order valence-electron chi connectivity index (χ0n) is 15.3. The summed E-state index contributed by atoms with van der Waals surface area (Å²) in [6, 6.07) is 11.7. The van der Waals surface area contributed by atoms with Crippen LogP contribution in [0.2, 0.25) is 0 Å². The maximum atomic E-state index is 12.5. The number of nitrogens with zero attached hydrogens (tertiary/aromatic N) is 2. The van der Waals surface area contributed by atoms with E-state index in [1.54, 1.807) is 41.0 Å². The summed E-state index contributed by atoms with van der Waals surface area (Å²) >= 11 is 3.32. The standard InChI is InChI=1S/C20H17BrN4O4/c21-13-4-6-14(7-5-13)29-11-18(26)23-24-19(27)12-3-8-15-16(10-12)22-17-2-1-9-25(17)20(15)28/h3-8,10H,1-2,9,11H2,(H,23,26)(H,24,27). The van der Waals surface area contributed by atoms with Crippen molar-refractivity contribution in [1.29, 1.82) is 0 Å². The lowest BCUT2D eigenvalue weighted by molar-refractivity contribution is -0.123. The van der Waals surface area contributed by atoms with Crippen molar-refractivity contribution in [3.05, 3.63) is 68.7 Å². The Morgan fingerprint density at radius 1 is 1.14 bits per heavy atom. The number of hydrogen-bond donors (Lipinski definition) is 2. The summed E-state index contributed by atoms with van der Waals surface area (Å²) in [5.74, 6) is 0.259. The molecule has 3 aromatic rings. The van der Waals surface area contributed by atoms with Crippen LogP contribution in [0.4, 0.5) is 0 Å². The number of carbonyl (C=O) groups is 2. The number of carbonyl (C=O) groups excluding carboxylic acids is 2. The minimum absolute atomic E-state index is 0.0900. The van der Waals surface area contributed by atoms with Crippen molar-refractivity contribution in [3.63, 3.8) is 0 Å². The molecular weight excluding hydrogens is 440 g/mol. The molecule has 0 saturated carbocycles. The third-order valence-corrected chi connectivity index (χ3v) is 5.11. The van der Waals surface area contributed by atoms with E-state index in [4.69, 9.17) is 4.74 Å². The number of aromatic nitrogens is 2. The van der Waals surface area contributed by atoms with Crippen LogP contribution in [0.25, 0.3) is 10.9 Å². The van der Waals surface area contributed by atoms with Crippen molar-refractivity contribution in [2.45, 2.75) is 19.4 Å². The molecule has 0 bridgehead atoms. The molecule has 0 atom stereocenters. The van der Waals surface area contributed by atoms with Gasteiger partial charge in [0.1, 0.15) is 11.6 Å². The largest absolute Gasteiger partial charge is 0.484 e. The lowest BCUT2D eigenvalue weighted by Gasteiger charge is -2.10. The second-order valence-corrected chi connectivity index (χ2v) is 7.48. The molecule has 0 unspecified atom stereocenters. The molecule has 1 aromatic heterocycles. The van der Waals surface area contributed by atoms with Crippen molar-refractivity contribution in [1.82, 2.24) is 20.4 Å². The van der Waals surface area contributed by atoms with E-state index in [9.17, 15) is 14.4 Å². The quantitative estimate of drug-likeness (QED) is 0.584. The number of benzene rings is 2. The Morgan fingerprint density at radius 3 is 2.72 bits per heavy atom. The van der Waals surface area contributed by atoms with Crippen molar-refractivity contribution < 1.29 is 14.3 Å². The fourth-order valence-corrected chi connectivity index (χ4v) is 3.40. The SMILES string of the molecule is O=C(COc1ccc(Br)cc1)NNC(=O)c1ccc2c(=O)n3c(nc2c1)CCC3. The number of nitrogens with one attached hydrogen (secondary N) is 2. The Morgan fingerprint density at radius 2 is 1.93 bits per heavy atom. The number of hydrogen-bond acceptors (Lipinski definition) is 5. The van der Waals surface area contributed by atoms with Gasteiger partial charge in [0, 0.05) is 23.0 Å². The highest BCUT2D eigenvalue weighted by Crippen LogP contribution is 2.17. The van der Waals surface area contributed by atoms with Gasteiger partial charge < -0.3 is 4.74 Å². The molecule has 0 fully saturated rings. The van der Waals surface area contributed by atoms with E-state index in [0.717, 1.165) is 23.1 Å². The van der Waals surface area contributed by atoms with Gasteiger partial charge in [-0.25, -0.2) is 4.98 Å². The molecule has 9 heteroatoms. The lowest BCUT2D eigenvalue weighted by Crippen LogP contribution is -2.43. The lowest BCUT2D eigenvalue weighted by atomic mass is 10.1. The molecule has 148 valence electrons. The monoisotopic (exact) mass is 456 g/mol. The van der Waals surface area contributed by atoms with Crippen LogP contribution in [-0.2, 0) is 17.8 Å². The van der Waals surface area contributed by atoms with Gasteiger partial charge in [-0.3, -0.25) is 29.8 Å². The molecule has 2 amide bonds. The molecule has 2 N–H and O–H groups in total. The van der Waals surface area contributed by atoms with Crippen molar-refractivity contribution in [2.75, 3.05) is 6.61 Å². The number of ether oxygens (including phenoxy) is 1. The number of amides is 2. The predicted octanol–water partition coefficient (Wildman–Crippen LogP) is 1.95. The maximum Gasteiger partial charge on any atom is 0.276 e. The first-order valence-electron chi connectivity index (χ1n) is 9.02. The normalized spacial score (nSPS) is 12.4. The Hall–Kier alpha value is -3.20. The molecular formula is C20H17BrN4O4. The number of hydrazine groups is 1. The van der Waals surface area contributed by atoms with Gasteiger partial charge in [-0.1, -0.05) is 15.9 Å². The van der Waals surface area contributed by atoms with Crippen LogP contribution < -0.4 is 21.1 Å². The Kier molecular flexibility index (Phi) is 5.30. The van der Waals surface area contributed by atoms with Crippen LogP contribution in [0.5, 0.6) is 5.75 Å². The summed E-state index contributed by atoms with van der Waals surface area (Å²) in [5.41, 5.74) is 5.32. The van der Waals surface area contributed by atoms with Crippen LogP contribution >= 0.6 is 15.9 Å². The summed E-state index contributed by atoms with van der Waals surface area (Å²) in [6.07, 6.45) is 1.64. The first-order chi connectivity index (χ1) is 14.0. The van der Waals surface area contributed by atoms with Crippen molar-refractivity contribution in [3.8, 4) is 5.75 Å². The first kappa shape index (κ1) is 19.1. The molecule has 2 aromatic carbocycles. The summed E-state index contributed by atoms with van der Waals surface area (Å²) in [5, 5.41) is 0.471. The first-order valence-corrected chi connectivity index (χ1v) is 9.81. The van der Waals surface area contributed by atoms with Crippen LogP contribution in [0.15, 0.2) is 51.7 Å². The zero-order chi connectivity index (χ0) is 20.4. The number of rotatable bonds is 4. The van der Waals surface area contributed by atoms with Gasteiger partial charge in [0.15, 0.2) is 6.61 Å². The third-order valence-electron chi connectivity index (χ3n) is 4.58. The number of aryl methyl sites for hydroxylation is 1. The van der Waals surface area contributed by atoms with Gasteiger partial charge in [-0.2, -0.15) is 0 Å². The molecule has 4 rings (SSSR count). The second-order valence-electron chi connectivity index (χ2n) is 6.57. The van der Waals surface area contributed by atoms with Crippen molar-refractivity contribution >= 4 is 38.6 Å². The average molecular weight is 457 g/mol. The van der Waals surface area contributed by atoms with E-state index in [1.165, 1.54) is 6.07 Å². The molecule has 0 spiro atoms. The second kappa shape index (κ2) is 8.04. The van der Waals surface area contributed by atoms with Crippen LogP contribution in [0.3, 0.4) is 0 Å². The third kappa shape index (κ3) is 4.14. The van der Waals surface area contributed by atoms with E-state index in [1.807, 2.05) is 0 Å². The minimum atomic E-state index is -0.508. The van der Waals surface area contributed by atoms with Crippen LogP contribution in [0.1, 0.15) is 22.6 Å². The predicted molar refractivity (Wildman–Crippen MR) is 110 cm³/mol. The van der Waals surface area contributed by atoms with E-state index < -0.39 is 11.8 Å². The average Bonchev–Trinajstić information content (AvgIpc) is 3.20. The number of halogens is 1. The number of fused-ring (bicyclic) bond motifs is 2. The molecule has 2 heterocycles. The highest BCUT2D eigenvalue weighted by atomic mass is 79.9. The Labute approximate surface area is 174 Å². The molecule has 29 heavy (non-hydrogen) atoms. The topological polar surface area (TPSA) is 102 Å². The summed E-state index contributed by atoms with van der Waals surface area (Å²) in [4.78, 5) is 41.2. The fourth-order valence-electron chi connectivity index (χ4n) is 3.14. The van der Waals surface area contributed by atoms with Crippen LogP contribution in [0, 0.1) is 0 Å². The van der Waals surface area contributed by atoms with Gasteiger partial charge in [-0.15, -0.1) is 0 Å². The smallest absolute Gasteiger partial charge is 0.276 e. The highest BCUT2D eigenvalue weighted by molar-refractivity contribution is 9.10. The van der Waals surface area contributed by atoms with Gasteiger partial charge in [0.2, 0.25) is 0 Å². The maximum absolute atomic E-state index is 12.5. The molecule has 8 nitrogen and oxygen atoms in total. The Balaban J connectivity index is 1.38.